The van der Waals surface area contributed by atoms with E-state index in [1.165, 1.54) is 43.5 Å². The molecule has 1 aromatic carbocycles. The molecule has 120 valence electrons. The average Bonchev–Trinajstić information content (AvgIpc) is 2.52. The first-order valence-electron chi connectivity index (χ1n) is 8.52. The number of amides is 1. The standard InChI is InChI=1S/C18H25ClN2O/c1-13-16(19)7-4-8-17(13)20-18(22)12-21-10-9-14-5-2-3-6-15(14)11-21/h4,7-8,14-15H,2-3,5-6,9-12H2,1H3,(H,20,22)/p+1/t14-,15+/m0/s1. The number of quaternary nitrogens is 1. The van der Waals surface area contributed by atoms with Gasteiger partial charge in [-0.05, 0) is 49.8 Å². The highest BCUT2D eigenvalue weighted by Gasteiger charge is 2.34. The van der Waals surface area contributed by atoms with Crippen LogP contribution in [0.2, 0.25) is 5.02 Å². The molecule has 1 saturated heterocycles. The van der Waals surface area contributed by atoms with Crippen LogP contribution in [0.5, 0.6) is 0 Å². The smallest absolute Gasteiger partial charge is 0.279 e. The number of anilines is 1. The molecule has 1 unspecified atom stereocenters. The molecule has 1 aromatic rings. The van der Waals surface area contributed by atoms with Crippen molar-refractivity contribution in [2.75, 3.05) is 25.0 Å². The lowest BCUT2D eigenvalue weighted by atomic mass is 9.75. The average molecular weight is 322 g/mol. The van der Waals surface area contributed by atoms with Crippen LogP contribution in [0.25, 0.3) is 0 Å². The molecule has 2 N–H and O–H groups in total. The molecule has 3 atom stereocenters. The van der Waals surface area contributed by atoms with E-state index in [9.17, 15) is 4.79 Å². The van der Waals surface area contributed by atoms with Crippen molar-refractivity contribution in [3.05, 3.63) is 28.8 Å². The summed E-state index contributed by atoms with van der Waals surface area (Å²) in [6.07, 6.45) is 6.85. The van der Waals surface area contributed by atoms with Crippen molar-refractivity contribution in [3.63, 3.8) is 0 Å². The fourth-order valence-corrected chi connectivity index (χ4v) is 4.30. The van der Waals surface area contributed by atoms with E-state index in [1.807, 2.05) is 25.1 Å². The number of carbonyl (C=O) groups is 1. The topological polar surface area (TPSA) is 33.5 Å². The van der Waals surface area contributed by atoms with E-state index in [4.69, 9.17) is 11.6 Å². The molecule has 3 rings (SSSR count). The van der Waals surface area contributed by atoms with Crippen molar-refractivity contribution in [2.24, 2.45) is 11.8 Å². The van der Waals surface area contributed by atoms with Crippen LogP contribution in [0.15, 0.2) is 18.2 Å². The van der Waals surface area contributed by atoms with Gasteiger partial charge in [0.15, 0.2) is 6.54 Å². The summed E-state index contributed by atoms with van der Waals surface area (Å²) in [5, 5.41) is 3.73. The number of hydrogen-bond acceptors (Lipinski definition) is 1. The molecule has 0 radical (unpaired) electrons. The molecule has 4 heteroatoms. The number of carbonyl (C=O) groups excluding carboxylic acids is 1. The number of likely N-dealkylation sites (tertiary alicyclic amines) is 1. The van der Waals surface area contributed by atoms with Gasteiger partial charge in [-0.1, -0.05) is 30.5 Å². The Hall–Kier alpha value is -1.06. The van der Waals surface area contributed by atoms with Gasteiger partial charge in [-0.25, -0.2) is 0 Å². The molecule has 0 bridgehead atoms. The van der Waals surface area contributed by atoms with E-state index in [0.717, 1.165) is 29.6 Å². The van der Waals surface area contributed by atoms with Gasteiger partial charge in [0.05, 0.1) is 13.1 Å². The van der Waals surface area contributed by atoms with E-state index in [0.29, 0.717) is 11.6 Å². The number of piperidine rings is 1. The number of hydrogen-bond donors (Lipinski definition) is 2. The van der Waals surface area contributed by atoms with Gasteiger partial charge < -0.3 is 10.2 Å². The van der Waals surface area contributed by atoms with Gasteiger partial charge >= 0.3 is 0 Å². The Kier molecular flexibility index (Phi) is 5.04. The second-order valence-electron chi connectivity index (χ2n) is 6.93. The normalized spacial score (nSPS) is 28.0. The summed E-state index contributed by atoms with van der Waals surface area (Å²) in [7, 11) is 0. The van der Waals surface area contributed by atoms with Gasteiger partial charge in [0.2, 0.25) is 0 Å². The van der Waals surface area contributed by atoms with Crippen LogP contribution in [-0.2, 0) is 4.79 Å². The molecular weight excluding hydrogens is 296 g/mol. The first-order valence-corrected chi connectivity index (χ1v) is 8.90. The van der Waals surface area contributed by atoms with Gasteiger partial charge in [0.25, 0.3) is 5.91 Å². The quantitative estimate of drug-likeness (QED) is 0.881. The summed E-state index contributed by atoms with van der Waals surface area (Å²) in [6, 6.07) is 5.65. The SMILES string of the molecule is Cc1c(Cl)cccc1NC(=O)C[NH+]1CC[C@@H]2CCCC[C@@H]2C1. The van der Waals surface area contributed by atoms with Crippen LogP contribution in [0.4, 0.5) is 5.69 Å². The lowest BCUT2D eigenvalue weighted by Crippen LogP contribution is -3.15. The molecule has 22 heavy (non-hydrogen) atoms. The lowest BCUT2D eigenvalue weighted by molar-refractivity contribution is -0.902. The molecule has 1 heterocycles. The third-order valence-corrected chi connectivity index (χ3v) is 5.85. The van der Waals surface area contributed by atoms with Crippen molar-refractivity contribution < 1.29 is 9.69 Å². The van der Waals surface area contributed by atoms with Crippen molar-refractivity contribution in [1.82, 2.24) is 0 Å². The summed E-state index contributed by atoms with van der Waals surface area (Å²) in [5.41, 5.74) is 1.78. The van der Waals surface area contributed by atoms with Crippen molar-refractivity contribution in [1.29, 1.82) is 0 Å². The first kappa shape index (κ1) is 15.8. The summed E-state index contributed by atoms with van der Waals surface area (Å²) in [4.78, 5) is 13.8. The predicted octanol–water partition coefficient (Wildman–Crippen LogP) is 2.68. The zero-order chi connectivity index (χ0) is 15.5. The number of fused-ring (bicyclic) bond motifs is 1. The first-order chi connectivity index (χ1) is 10.6. The Morgan fingerprint density at radius 2 is 2.05 bits per heavy atom. The van der Waals surface area contributed by atoms with E-state index in [-0.39, 0.29) is 5.91 Å². The van der Waals surface area contributed by atoms with Crippen LogP contribution in [0, 0.1) is 18.8 Å². The maximum absolute atomic E-state index is 12.3. The fraction of sp³-hybridized carbons (Fsp3) is 0.611. The van der Waals surface area contributed by atoms with Crippen molar-refractivity contribution in [2.45, 2.75) is 39.0 Å². The Morgan fingerprint density at radius 1 is 1.27 bits per heavy atom. The Labute approximate surface area is 138 Å². The third-order valence-electron chi connectivity index (χ3n) is 5.44. The van der Waals surface area contributed by atoms with E-state index < -0.39 is 0 Å². The summed E-state index contributed by atoms with van der Waals surface area (Å²) >= 11 is 6.11. The van der Waals surface area contributed by atoms with Gasteiger partial charge in [-0.3, -0.25) is 4.79 Å². The minimum atomic E-state index is 0.106. The van der Waals surface area contributed by atoms with Crippen molar-refractivity contribution >= 4 is 23.2 Å². The second kappa shape index (κ2) is 7.01. The second-order valence-corrected chi connectivity index (χ2v) is 7.34. The van der Waals surface area contributed by atoms with Crippen LogP contribution in [0.3, 0.4) is 0 Å². The molecule has 0 spiro atoms. The molecule has 1 aliphatic heterocycles. The van der Waals surface area contributed by atoms with Gasteiger partial charge in [0.1, 0.15) is 0 Å². The fourth-order valence-electron chi connectivity index (χ4n) is 4.12. The molecular formula is C18H26ClN2O+. The molecule has 0 aromatic heterocycles. The summed E-state index contributed by atoms with van der Waals surface area (Å²) in [5.74, 6) is 1.88. The number of benzene rings is 1. The number of nitrogens with one attached hydrogen (secondary N) is 2. The monoisotopic (exact) mass is 321 g/mol. The van der Waals surface area contributed by atoms with E-state index in [1.54, 1.807) is 0 Å². The highest BCUT2D eigenvalue weighted by molar-refractivity contribution is 6.31. The molecule has 1 saturated carbocycles. The maximum Gasteiger partial charge on any atom is 0.279 e. The van der Waals surface area contributed by atoms with Gasteiger partial charge in [0, 0.05) is 16.6 Å². The number of halogens is 1. The summed E-state index contributed by atoms with van der Waals surface area (Å²) < 4.78 is 0. The molecule has 1 amide bonds. The van der Waals surface area contributed by atoms with Gasteiger partial charge in [-0.15, -0.1) is 0 Å². The largest absolute Gasteiger partial charge is 0.327 e. The Bertz CT molecular complexity index is 546. The Morgan fingerprint density at radius 3 is 2.86 bits per heavy atom. The minimum Gasteiger partial charge on any atom is -0.327 e. The summed E-state index contributed by atoms with van der Waals surface area (Å²) in [6.45, 7) is 4.84. The van der Waals surface area contributed by atoms with Crippen LogP contribution in [-0.4, -0.2) is 25.5 Å². The molecule has 3 nitrogen and oxygen atoms in total. The van der Waals surface area contributed by atoms with Crippen LogP contribution < -0.4 is 10.2 Å². The highest BCUT2D eigenvalue weighted by Crippen LogP contribution is 2.32. The minimum absolute atomic E-state index is 0.106. The van der Waals surface area contributed by atoms with Crippen LogP contribution >= 0.6 is 11.6 Å². The number of rotatable bonds is 3. The zero-order valence-electron chi connectivity index (χ0n) is 13.3. The van der Waals surface area contributed by atoms with Gasteiger partial charge in [-0.2, -0.15) is 0 Å². The lowest BCUT2D eigenvalue weighted by Gasteiger charge is -2.38. The van der Waals surface area contributed by atoms with E-state index in [2.05, 4.69) is 5.32 Å². The zero-order valence-corrected chi connectivity index (χ0v) is 14.1. The maximum atomic E-state index is 12.3. The third kappa shape index (κ3) is 3.64. The molecule has 2 aliphatic rings. The molecule has 1 aliphatic carbocycles. The Balaban J connectivity index is 1.54. The molecule has 2 fully saturated rings. The van der Waals surface area contributed by atoms with Crippen molar-refractivity contribution in [3.8, 4) is 0 Å². The highest BCUT2D eigenvalue weighted by atomic mass is 35.5. The van der Waals surface area contributed by atoms with E-state index >= 15 is 0 Å². The van der Waals surface area contributed by atoms with Crippen LogP contribution in [0.1, 0.15) is 37.7 Å². The predicted molar refractivity (Wildman–Crippen MR) is 90.4 cm³/mol.